The van der Waals surface area contributed by atoms with Gasteiger partial charge in [-0.1, -0.05) is 5.92 Å². The van der Waals surface area contributed by atoms with E-state index in [9.17, 15) is 9.59 Å². The molecule has 0 bridgehead atoms. The summed E-state index contributed by atoms with van der Waals surface area (Å²) in [7, 11) is 2.08. The number of nitrogens with one attached hydrogen (secondary N) is 2. The lowest BCUT2D eigenvalue weighted by Gasteiger charge is -2.34. The van der Waals surface area contributed by atoms with Crippen molar-refractivity contribution < 1.29 is 9.59 Å². The first-order valence-corrected chi connectivity index (χ1v) is 8.41. The van der Waals surface area contributed by atoms with Crippen molar-refractivity contribution in [2.45, 2.75) is 57.3 Å². The Hall–Kier alpha value is -1.58. The van der Waals surface area contributed by atoms with E-state index in [-0.39, 0.29) is 36.5 Å². The first kappa shape index (κ1) is 17.8. The van der Waals surface area contributed by atoms with E-state index in [2.05, 4.69) is 47.2 Å². The maximum Gasteiger partial charge on any atom is 0.239 e. The Morgan fingerprint density at radius 2 is 2.26 bits per heavy atom. The van der Waals surface area contributed by atoms with Crippen LogP contribution in [0, 0.1) is 12.3 Å². The zero-order valence-corrected chi connectivity index (χ0v) is 14.3. The molecule has 0 saturated carbocycles. The van der Waals surface area contributed by atoms with Crippen molar-refractivity contribution >= 4 is 11.8 Å². The second-order valence-electron chi connectivity index (χ2n) is 6.72. The van der Waals surface area contributed by atoms with Crippen molar-refractivity contribution in [1.82, 2.24) is 20.4 Å². The van der Waals surface area contributed by atoms with Crippen molar-refractivity contribution in [3.8, 4) is 12.3 Å². The Morgan fingerprint density at radius 1 is 1.52 bits per heavy atom. The van der Waals surface area contributed by atoms with E-state index in [0.29, 0.717) is 19.0 Å². The molecular formula is C17H28N4O2. The Balaban J connectivity index is 1.99. The van der Waals surface area contributed by atoms with E-state index in [0.717, 1.165) is 19.4 Å². The van der Waals surface area contributed by atoms with Gasteiger partial charge < -0.3 is 10.6 Å². The van der Waals surface area contributed by atoms with E-state index in [1.54, 1.807) is 0 Å². The van der Waals surface area contributed by atoms with Gasteiger partial charge >= 0.3 is 0 Å². The molecule has 3 atom stereocenters. The summed E-state index contributed by atoms with van der Waals surface area (Å²) in [6.07, 6.45) is 7.29. The molecule has 0 aliphatic carbocycles. The number of hydrogen-bond donors (Lipinski definition) is 2. The number of nitrogens with zero attached hydrogens (tertiary/aromatic N) is 2. The van der Waals surface area contributed by atoms with E-state index >= 15 is 0 Å². The van der Waals surface area contributed by atoms with Crippen LogP contribution >= 0.6 is 0 Å². The van der Waals surface area contributed by atoms with Gasteiger partial charge in [-0.2, -0.15) is 0 Å². The highest BCUT2D eigenvalue weighted by Crippen LogP contribution is 2.28. The predicted octanol–water partition coefficient (Wildman–Crippen LogP) is -0.202. The summed E-state index contributed by atoms with van der Waals surface area (Å²) in [6, 6.07) is 0.673. The molecule has 2 N–H and O–H groups in total. The molecule has 0 spiro atoms. The molecule has 2 amide bonds. The molecule has 2 aliphatic heterocycles. The topological polar surface area (TPSA) is 64.7 Å². The number of likely N-dealkylation sites (N-methyl/N-ethyl adjacent to an activating group) is 1. The van der Waals surface area contributed by atoms with E-state index in [1.807, 2.05) is 0 Å². The van der Waals surface area contributed by atoms with E-state index < -0.39 is 0 Å². The highest BCUT2D eigenvalue weighted by Gasteiger charge is 2.45. The smallest absolute Gasteiger partial charge is 0.239 e. The van der Waals surface area contributed by atoms with Gasteiger partial charge in [0.1, 0.15) is 6.04 Å². The van der Waals surface area contributed by atoms with Gasteiger partial charge in [-0.15, -0.1) is 6.42 Å². The first-order valence-electron chi connectivity index (χ1n) is 8.41. The number of carbonyl (C=O) groups is 2. The van der Waals surface area contributed by atoms with Crippen molar-refractivity contribution in [3.05, 3.63) is 0 Å². The molecule has 6 heteroatoms. The van der Waals surface area contributed by atoms with Crippen LogP contribution in [0.3, 0.4) is 0 Å². The highest BCUT2D eigenvalue weighted by molar-refractivity contribution is 5.83. The van der Waals surface area contributed by atoms with Crippen LogP contribution in [0.5, 0.6) is 0 Å². The van der Waals surface area contributed by atoms with Crippen molar-refractivity contribution in [1.29, 1.82) is 0 Å². The third-order valence-electron chi connectivity index (χ3n) is 5.04. The molecule has 128 valence electrons. The molecular weight excluding hydrogens is 292 g/mol. The normalized spacial score (nSPS) is 28.8. The summed E-state index contributed by atoms with van der Waals surface area (Å²) >= 11 is 0. The standard InChI is InChI=1S/C17H28N4O2/c1-5-9-18-15(22)7-6-13-11-19-17(23)16-14(20(13)4)8-10-21(16)12(2)3/h1,12-14,16H,6-11H2,2-4H3,(H,18,22)(H,19,23). The van der Waals surface area contributed by atoms with Gasteiger partial charge in [-0.05, 0) is 33.7 Å². The largest absolute Gasteiger partial charge is 0.353 e. The van der Waals surface area contributed by atoms with Crippen LogP contribution in [0.2, 0.25) is 0 Å². The first-order chi connectivity index (χ1) is 11.0. The number of hydrogen-bond acceptors (Lipinski definition) is 4. The molecule has 2 saturated heterocycles. The van der Waals surface area contributed by atoms with Crippen LogP contribution in [0.1, 0.15) is 33.1 Å². The second kappa shape index (κ2) is 7.80. The fourth-order valence-electron chi connectivity index (χ4n) is 3.71. The minimum absolute atomic E-state index is 0.0290. The average Bonchev–Trinajstić information content (AvgIpc) is 2.92. The number of carbonyl (C=O) groups excluding carboxylic acids is 2. The molecule has 2 aliphatic rings. The molecule has 0 aromatic heterocycles. The molecule has 2 rings (SSSR count). The number of likely N-dealkylation sites (tertiary alicyclic amines) is 1. The molecule has 23 heavy (non-hydrogen) atoms. The van der Waals surface area contributed by atoms with Crippen molar-refractivity contribution in [2.75, 3.05) is 26.7 Å². The van der Waals surface area contributed by atoms with Gasteiger partial charge in [0, 0.05) is 37.6 Å². The average molecular weight is 320 g/mol. The van der Waals surface area contributed by atoms with E-state index in [1.165, 1.54) is 0 Å². The number of fused-ring (bicyclic) bond motifs is 1. The summed E-state index contributed by atoms with van der Waals surface area (Å²) < 4.78 is 0. The van der Waals surface area contributed by atoms with Crippen molar-refractivity contribution in [2.24, 2.45) is 0 Å². The number of terminal acetylenes is 1. The van der Waals surface area contributed by atoms with Crippen LogP contribution < -0.4 is 10.6 Å². The lowest BCUT2D eigenvalue weighted by atomic mass is 10.0. The van der Waals surface area contributed by atoms with Gasteiger partial charge in [-0.3, -0.25) is 19.4 Å². The Kier molecular flexibility index (Phi) is 6.03. The van der Waals surface area contributed by atoms with Gasteiger partial charge in [0.2, 0.25) is 11.8 Å². The monoisotopic (exact) mass is 320 g/mol. The number of rotatable bonds is 5. The fourth-order valence-corrected chi connectivity index (χ4v) is 3.71. The fraction of sp³-hybridized carbons (Fsp3) is 0.765. The predicted molar refractivity (Wildman–Crippen MR) is 89.7 cm³/mol. The minimum Gasteiger partial charge on any atom is -0.353 e. The lowest BCUT2D eigenvalue weighted by Crippen LogP contribution is -2.51. The van der Waals surface area contributed by atoms with Crippen LogP contribution in [0.25, 0.3) is 0 Å². The highest BCUT2D eigenvalue weighted by atomic mass is 16.2. The lowest BCUT2D eigenvalue weighted by molar-refractivity contribution is -0.126. The summed E-state index contributed by atoms with van der Waals surface area (Å²) in [6.45, 7) is 6.07. The molecule has 2 fully saturated rings. The molecule has 6 nitrogen and oxygen atoms in total. The number of amides is 2. The molecule has 0 aromatic rings. The third kappa shape index (κ3) is 4.04. The molecule has 0 aromatic carbocycles. The van der Waals surface area contributed by atoms with Gasteiger partial charge in [0.05, 0.1) is 6.54 Å². The SMILES string of the molecule is C#CCNC(=O)CCC1CNC(=O)C2C(CCN2C(C)C)N1C. The third-order valence-corrected chi connectivity index (χ3v) is 5.04. The Bertz CT molecular complexity index is 485. The van der Waals surface area contributed by atoms with E-state index in [4.69, 9.17) is 6.42 Å². The molecule has 2 heterocycles. The summed E-state index contributed by atoms with van der Waals surface area (Å²) in [4.78, 5) is 28.8. The molecule has 0 radical (unpaired) electrons. The van der Waals surface area contributed by atoms with Crippen LogP contribution in [-0.2, 0) is 9.59 Å². The summed E-state index contributed by atoms with van der Waals surface area (Å²) in [5, 5.41) is 5.75. The second-order valence-corrected chi connectivity index (χ2v) is 6.72. The summed E-state index contributed by atoms with van der Waals surface area (Å²) in [5.74, 6) is 2.49. The van der Waals surface area contributed by atoms with Gasteiger partial charge in [-0.25, -0.2) is 0 Å². The Labute approximate surface area is 139 Å². The zero-order chi connectivity index (χ0) is 17.0. The zero-order valence-electron chi connectivity index (χ0n) is 14.3. The van der Waals surface area contributed by atoms with Gasteiger partial charge in [0.15, 0.2) is 0 Å². The quantitative estimate of drug-likeness (QED) is 0.689. The summed E-state index contributed by atoms with van der Waals surface area (Å²) in [5.41, 5.74) is 0. The van der Waals surface area contributed by atoms with Crippen LogP contribution in [0.15, 0.2) is 0 Å². The van der Waals surface area contributed by atoms with Crippen molar-refractivity contribution in [3.63, 3.8) is 0 Å². The van der Waals surface area contributed by atoms with Gasteiger partial charge in [0.25, 0.3) is 0 Å². The van der Waals surface area contributed by atoms with Crippen LogP contribution in [0.4, 0.5) is 0 Å². The van der Waals surface area contributed by atoms with Crippen LogP contribution in [-0.4, -0.2) is 72.5 Å². The Morgan fingerprint density at radius 3 is 2.91 bits per heavy atom. The minimum atomic E-state index is -0.0831. The maximum atomic E-state index is 12.5. The molecule has 3 unspecified atom stereocenters. The maximum absolute atomic E-state index is 12.5.